The molecular weight excluding hydrogens is 961 g/mol. The summed E-state index contributed by atoms with van der Waals surface area (Å²) in [4.78, 5) is 22.2. The van der Waals surface area contributed by atoms with E-state index in [2.05, 4.69) is 47.3 Å². The highest BCUT2D eigenvalue weighted by Gasteiger charge is 2.20. The summed E-state index contributed by atoms with van der Waals surface area (Å²) in [6.45, 7) is 19.3. The Morgan fingerprint density at radius 1 is 0.432 bits per heavy atom. The van der Waals surface area contributed by atoms with Gasteiger partial charge in [-0.2, -0.15) is 0 Å². The number of nitrogens with zero attached hydrogens (tertiary/aromatic N) is 4. The Labute approximate surface area is 467 Å². The highest BCUT2D eigenvalue weighted by atomic mass is 33.1. The monoisotopic (exact) mass is 1090 g/mol. The largest absolute Gasteiger partial charge is 0.464 e. The maximum atomic E-state index is 12.7. The fourth-order valence-corrected chi connectivity index (χ4v) is 12.7. The van der Waals surface area contributed by atoms with Gasteiger partial charge >= 0.3 is 5.97 Å². The van der Waals surface area contributed by atoms with E-state index in [1.165, 1.54) is 166 Å². The van der Waals surface area contributed by atoms with Crippen LogP contribution in [0, 0.1) is 0 Å². The van der Waals surface area contributed by atoms with E-state index in [1.54, 1.807) is 0 Å². The van der Waals surface area contributed by atoms with Crippen LogP contribution in [0.2, 0.25) is 0 Å². The van der Waals surface area contributed by atoms with Crippen molar-refractivity contribution in [3.05, 3.63) is 0 Å². The molecule has 4 N–H and O–H groups in total. The Balaban J connectivity index is 2.27. The first-order valence-electron chi connectivity index (χ1n) is 32.3. The minimum Gasteiger partial charge on any atom is -0.464 e. The van der Waals surface area contributed by atoms with Crippen molar-refractivity contribution in [1.29, 1.82) is 0 Å². The molecule has 1 heterocycles. The molecule has 4 unspecified atom stereocenters. The number of aliphatic hydroxyl groups is 4. The zero-order chi connectivity index (χ0) is 53.8. The smallest absolute Gasteiger partial charge is 0.305 e. The third-order valence-electron chi connectivity index (χ3n) is 15.5. The van der Waals surface area contributed by atoms with Crippen LogP contribution in [0.1, 0.15) is 278 Å². The highest BCUT2D eigenvalue weighted by molar-refractivity contribution is 8.76. The number of esters is 1. The predicted molar refractivity (Wildman–Crippen MR) is 324 cm³/mol. The molecule has 1 aliphatic heterocycles. The van der Waals surface area contributed by atoms with Crippen LogP contribution < -0.4 is 0 Å². The van der Waals surface area contributed by atoms with E-state index >= 15 is 0 Å². The number of rotatable bonds is 58. The topological polar surface area (TPSA) is 120 Å². The molecule has 10 nitrogen and oxygen atoms in total. The fraction of sp³-hybridized carbons (Fsp3) is 0.984. The van der Waals surface area contributed by atoms with Crippen LogP contribution in [0.3, 0.4) is 0 Å². The standard InChI is InChI=1S/C62H126N4O6S2/c1-5-9-13-17-21-23-26-30-39-59(68)56-65(57-60(69)40-31-27-24-22-18-14-10-6-2)44-34-33-42-62(71)72-53-52-64-50-48-63(49-51-64)45-37-55-74-73-54-36-35-46-66(61(70)41-32-28-20-16-12-8-4)47-43-58(67)38-29-25-19-15-11-7-3/h58-61,67-70H,5-57H2,1-4H3. The third kappa shape index (κ3) is 46.7. The maximum absolute atomic E-state index is 12.7. The minimum absolute atomic E-state index is 0.111. The molecule has 1 fully saturated rings. The van der Waals surface area contributed by atoms with Crippen LogP contribution in [-0.4, -0.2) is 161 Å². The second kappa shape index (κ2) is 54.8. The first kappa shape index (κ1) is 71.9. The van der Waals surface area contributed by atoms with E-state index in [4.69, 9.17) is 4.74 Å². The summed E-state index contributed by atoms with van der Waals surface area (Å²) in [6.07, 6.45) is 43.4. The van der Waals surface area contributed by atoms with Gasteiger partial charge in [0.2, 0.25) is 0 Å². The number of carbonyl (C=O) groups is 1. The van der Waals surface area contributed by atoms with Crippen LogP contribution in [0.4, 0.5) is 0 Å². The van der Waals surface area contributed by atoms with Crippen molar-refractivity contribution in [2.75, 3.05) is 90.1 Å². The van der Waals surface area contributed by atoms with Crippen LogP contribution in [0.5, 0.6) is 0 Å². The first-order valence-corrected chi connectivity index (χ1v) is 34.7. The van der Waals surface area contributed by atoms with E-state index in [0.717, 1.165) is 148 Å². The molecule has 1 aliphatic rings. The lowest BCUT2D eigenvalue weighted by Gasteiger charge is -2.34. The van der Waals surface area contributed by atoms with Crippen molar-refractivity contribution in [2.45, 2.75) is 303 Å². The Morgan fingerprint density at radius 2 is 0.838 bits per heavy atom. The van der Waals surface area contributed by atoms with Gasteiger partial charge in [-0.3, -0.25) is 19.5 Å². The fourth-order valence-electron chi connectivity index (χ4n) is 10.5. The molecule has 12 heteroatoms. The Bertz CT molecular complexity index is 1130. The molecule has 74 heavy (non-hydrogen) atoms. The average Bonchev–Trinajstić information content (AvgIpc) is 3.39. The van der Waals surface area contributed by atoms with E-state index in [-0.39, 0.29) is 24.3 Å². The summed E-state index contributed by atoms with van der Waals surface area (Å²) in [7, 11) is 4.00. The molecule has 0 aromatic carbocycles. The molecule has 1 rings (SSSR count). The van der Waals surface area contributed by atoms with Gasteiger partial charge in [-0.15, -0.1) is 0 Å². The lowest BCUT2D eigenvalue weighted by molar-refractivity contribution is -0.144. The molecule has 1 saturated heterocycles. The van der Waals surface area contributed by atoms with Crippen molar-refractivity contribution < 1.29 is 30.0 Å². The van der Waals surface area contributed by atoms with Crippen molar-refractivity contribution in [1.82, 2.24) is 19.6 Å². The van der Waals surface area contributed by atoms with Crippen LogP contribution >= 0.6 is 21.6 Å². The van der Waals surface area contributed by atoms with Gasteiger partial charge in [0.25, 0.3) is 0 Å². The summed E-state index contributed by atoms with van der Waals surface area (Å²) in [5.41, 5.74) is 0. The Kier molecular flexibility index (Phi) is 53.2. The molecule has 4 atom stereocenters. The third-order valence-corrected chi connectivity index (χ3v) is 18.1. The molecule has 0 aliphatic carbocycles. The van der Waals surface area contributed by atoms with Crippen LogP contribution in [0.15, 0.2) is 0 Å². The molecule has 0 amide bonds. The van der Waals surface area contributed by atoms with Gasteiger partial charge in [0.15, 0.2) is 0 Å². The zero-order valence-electron chi connectivity index (χ0n) is 49.5. The van der Waals surface area contributed by atoms with Crippen molar-refractivity contribution in [3.8, 4) is 0 Å². The van der Waals surface area contributed by atoms with E-state index < -0.39 is 6.23 Å². The highest BCUT2D eigenvalue weighted by Crippen LogP contribution is 2.24. The Hall–Kier alpha value is -0.150. The maximum Gasteiger partial charge on any atom is 0.305 e. The molecule has 0 bridgehead atoms. The lowest BCUT2D eigenvalue weighted by atomic mass is 10.0. The van der Waals surface area contributed by atoms with Gasteiger partial charge in [-0.25, -0.2) is 0 Å². The molecule has 0 saturated carbocycles. The quantitative estimate of drug-likeness (QED) is 0.0201. The van der Waals surface area contributed by atoms with Gasteiger partial charge in [0, 0.05) is 76.8 Å². The van der Waals surface area contributed by atoms with Gasteiger partial charge in [0.1, 0.15) is 12.8 Å². The lowest BCUT2D eigenvalue weighted by Crippen LogP contribution is -2.47. The summed E-state index contributed by atoms with van der Waals surface area (Å²) in [6, 6.07) is 0. The number of carbonyl (C=O) groups excluding carboxylic acids is 1. The SMILES string of the molecule is CCCCCCCCCCC(O)CN(CCCCC(=O)OCCN1CCN(CCCSSCCCCN(CCC(O)CCCCCCCC)C(O)CCCCCCCC)CC1)CC(O)CCCCCCCCCC. The molecule has 0 aromatic rings. The number of hydrogen-bond acceptors (Lipinski definition) is 12. The molecule has 0 spiro atoms. The van der Waals surface area contributed by atoms with Gasteiger partial charge < -0.3 is 30.1 Å². The normalized spacial score (nSPS) is 15.4. The van der Waals surface area contributed by atoms with Crippen molar-refractivity contribution >= 4 is 27.6 Å². The van der Waals surface area contributed by atoms with Crippen LogP contribution in [0.25, 0.3) is 0 Å². The number of unbranched alkanes of at least 4 members (excludes halogenated alkanes) is 26. The number of hydrogen-bond donors (Lipinski definition) is 4. The summed E-state index contributed by atoms with van der Waals surface area (Å²) in [5.74, 6) is 2.20. The number of aliphatic hydroxyl groups excluding tert-OH is 4. The summed E-state index contributed by atoms with van der Waals surface area (Å²) in [5, 5.41) is 43.8. The first-order chi connectivity index (χ1) is 36.2. The van der Waals surface area contributed by atoms with E-state index in [0.29, 0.717) is 26.1 Å². The van der Waals surface area contributed by atoms with Crippen molar-refractivity contribution in [2.24, 2.45) is 0 Å². The summed E-state index contributed by atoms with van der Waals surface area (Å²) < 4.78 is 5.69. The van der Waals surface area contributed by atoms with Gasteiger partial charge in [-0.1, -0.05) is 223 Å². The average molecular weight is 1090 g/mol. The molecule has 442 valence electrons. The second-order valence-corrected chi connectivity index (χ2v) is 25.4. The van der Waals surface area contributed by atoms with Crippen LogP contribution in [-0.2, 0) is 9.53 Å². The predicted octanol–water partition coefficient (Wildman–Crippen LogP) is 14.8. The van der Waals surface area contributed by atoms with Gasteiger partial charge in [-0.05, 0) is 83.7 Å². The van der Waals surface area contributed by atoms with E-state index in [1.807, 2.05) is 21.6 Å². The zero-order valence-corrected chi connectivity index (χ0v) is 51.1. The Morgan fingerprint density at radius 3 is 1.32 bits per heavy atom. The number of ether oxygens (including phenoxy) is 1. The number of piperazine rings is 1. The summed E-state index contributed by atoms with van der Waals surface area (Å²) >= 11 is 0. The van der Waals surface area contributed by atoms with Crippen molar-refractivity contribution in [3.63, 3.8) is 0 Å². The molecule has 0 aromatic heterocycles. The minimum atomic E-state index is -0.393. The van der Waals surface area contributed by atoms with E-state index in [9.17, 15) is 25.2 Å². The second-order valence-electron chi connectivity index (χ2n) is 22.7. The van der Waals surface area contributed by atoms with Gasteiger partial charge in [0.05, 0.1) is 18.3 Å². The molecule has 0 radical (unpaired) electrons. The molecular formula is C62H126N4O6S2.